The summed E-state index contributed by atoms with van der Waals surface area (Å²) in [5.74, 6) is 0.732. The predicted molar refractivity (Wildman–Crippen MR) is 74.6 cm³/mol. The van der Waals surface area contributed by atoms with Crippen molar-refractivity contribution in [3.8, 4) is 11.5 Å². The number of hydrogen-bond acceptors (Lipinski definition) is 3. The predicted octanol–water partition coefficient (Wildman–Crippen LogP) is 5.35. The van der Waals surface area contributed by atoms with Crippen LogP contribution in [0.1, 0.15) is 0 Å². The van der Waals surface area contributed by atoms with Gasteiger partial charge in [-0.05, 0) is 24.3 Å². The van der Waals surface area contributed by atoms with Crippen LogP contribution in [0.2, 0.25) is 15.1 Å². The van der Waals surface area contributed by atoms with Crippen molar-refractivity contribution < 1.29 is 9.66 Å². The van der Waals surface area contributed by atoms with E-state index in [9.17, 15) is 10.1 Å². The molecule has 0 bridgehead atoms. The van der Waals surface area contributed by atoms with Crippen LogP contribution in [-0.4, -0.2) is 4.92 Å². The Morgan fingerprint density at radius 2 is 1.74 bits per heavy atom. The minimum absolute atomic E-state index is 0.00686. The van der Waals surface area contributed by atoms with Gasteiger partial charge in [-0.3, -0.25) is 10.1 Å². The zero-order valence-corrected chi connectivity index (χ0v) is 11.5. The fraction of sp³-hybridized carbons (Fsp3) is 0. The Balaban J connectivity index is 2.29. The van der Waals surface area contributed by atoms with E-state index in [-0.39, 0.29) is 10.7 Å². The first-order chi connectivity index (χ1) is 8.97. The van der Waals surface area contributed by atoms with Crippen molar-refractivity contribution in [2.75, 3.05) is 0 Å². The standard InChI is InChI=1S/C12H6Cl3NO3/c13-7-1-4-12(10(15)5-7)19-8-2-3-11(16(17)18)9(14)6-8/h1-6H. The summed E-state index contributed by atoms with van der Waals surface area (Å²) in [4.78, 5) is 10.1. The summed E-state index contributed by atoms with van der Waals surface area (Å²) in [7, 11) is 0. The molecule has 0 saturated heterocycles. The summed E-state index contributed by atoms with van der Waals surface area (Å²) in [6.45, 7) is 0. The number of nitrogens with zero attached hydrogens (tertiary/aromatic N) is 1. The van der Waals surface area contributed by atoms with Crippen LogP contribution in [0.4, 0.5) is 5.69 Å². The largest absolute Gasteiger partial charge is 0.456 e. The second-order valence-electron chi connectivity index (χ2n) is 3.55. The zero-order valence-electron chi connectivity index (χ0n) is 9.27. The third kappa shape index (κ3) is 3.29. The van der Waals surface area contributed by atoms with Crippen molar-refractivity contribution >= 4 is 40.5 Å². The highest BCUT2D eigenvalue weighted by atomic mass is 35.5. The lowest BCUT2D eigenvalue weighted by Gasteiger charge is -2.08. The SMILES string of the molecule is O=[N+]([O-])c1ccc(Oc2ccc(Cl)cc2Cl)cc1Cl. The molecule has 19 heavy (non-hydrogen) atoms. The Labute approximate surface area is 123 Å². The van der Waals surface area contributed by atoms with E-state index in [4.69, 9.17) is 39.5 Å². The number of nitro groups is 1. The first-order valence-electron chi connectivity index (χ1n) is 5.04. The van der Waals surface area contributed by atoms with Gasteiger partial charge in [0.1, 0.15) is 16.5 Å². The molecular weight excluding hydrogens is 312 g/mol. The van der Waals surface area contributed by atoms with Crippen LogP contribution < -0.4 is 4.74 Å². The Bertz CT molecular complexity index is 646. The van der Waals surface area contributed by atoms with E-state index in [1.54, 1.807) is 12.1 Å². The Kier molecular flexibility index (Phi) is 4.14. The molecular formula is C12H6Cl3NO3. The highest BCUT2D eigenvalue weighted by Gasteiger charge is 2.13. The third-order valence-corrected chi connectivity index (χ3v) is 3.07. The van der Waals surface area contributed by atoms with Gasteiger partial charge in [-0.2, -0.15) is 0 Å². The lowest BCUT2D eigenvalue weighted by atomic mass is 10.3. The molecule has 98 valence electrons. The molecule has 0 aliphatic rings. The van der Waals surface area contributed by atoms with Crippen LogP contribution in [0, 0.1) is 10.1 Å². The van der Waals surface area contributed by atoms with Crippen molar-refractivity contribution in [2.45, 2.75) is 0 Å². The number of hydrogen-bond donors (Lipinski definition) is 0. The second-order valence-corrected chi connectivity index (χ2v) is 4.80. The lowest BCUT2D eigenvalue weighted by Crippen LogP contribution is -1.90. The van der Waals surface area contributed by atoms with Gasteiger partial charge < -0.3 is 4.74 Å². The number of halogens is 3. The molecule has 0 spiro atoms. The van der Waals surface area contributed by atoms with Crippen molar-refractivity contribution in [3.63, 3.8) is 0 Å². The maximum atomic E-state index is 10.6. The van der Waals surface area contributed by atoms with Crippen molar-refractivity contribution in [1.29, 1.82) is 0 Å². The highest BCUT2D eigenvalue weighted by molar-refractivity contribution is 6.35. The fourth-order valence-corrected chi connectivity index (χ4v) is 2.07. The fourth-order valence-electron chi connectivity index (χ4n) is 1.38. The average Bonchev–Trinajstić information content (AvgIpc) is 2.32. The first-order valence-corrected chi connectivity index (χ1v) is 6.17. The molecule has 0 atom stereocenters. The molecule has 2 aromatic carbocycles. The van der Waals surface area contributed by atoms with Gasteiger partial charge in [0.15, 0.2) is 0 Å². The van der Waals surface area contributed by atoms with Gasteiger partial charge in [-0.1, -0.05) is 34.8 Å². The molecule has 0 N–H and O–H groups in total. The minimum atomic E-state index is -0.568. The lowest BCUT2D eigenvalue weighted by molar-refractivity contribution is -0.384. The molecule has 0 aliphatic carbocycles. The van der Waals surface area contributed by atoms with E-state index in [1.165, 1.54) is 24.3 Å². The first kappa shape index (κ1) is 13.9. The summed E-state index contributed by atoms with van der Waals surface area (Å²) in [6.07, 6.45) is 0. The van der Waals surface area contributed by atoms with Gasteiger partial charge in [0.05, 0.1) is 9.95 Å². The van der Waals surface area contributed by atoms with Crippen LogP contribution in [0.15, 0.2) is 36.4 Å². The molecule has 0 radical (unpaired) electrons. The molecule has 4 nitrogen and oxygen atoms in total. The molecule has 0 unspecified atom stereocenters. The normalized spacial score (nSPS) is 10.3. The monoisotopic (exact) mass is 317 g/mol. The minimum Gasteiger partial charge on any atom is -0.456 e. The van der Waals surface area contributed by atoms with Crippen molar-refractivity contribution in [1.82, 2.24) is 0 Å². The number of ether oxygens (including phenoxy) is 1. The van der Waals surface area contributed by atoms with E-state index in [1.807, 2.05) is 0 Å². The molecule has 0 saturated carbocycles. The maximum absolute atomic E-state index is 10.6. The van der Waals surface area contributed by atoms with Crippen molar-refractivity contribution in [3.05, 3.63) is 61.6 Å². The van der Waals surface area contributed by atoms with E-state index in [0.717, 1.165) is 0 Å². The maximum Gasteiger partial charge on any atom is 0.288 e. The van der Waals surface area contributed by atoms with E-state index >= 15 is 0 Å². The molecule has 0 fully saturated rings. The third-order valence-electron chi connectivity index (χ3n) is 2.24. The molecule has 0 aliphatic heterocycles. The van der Waals surface area contributed by atoms with E-state index in [2.05, 4.69) is 0 Å². The van der Waals surface area contributed by atoms with Gasteiger partial charge >= 0.3 is 0 Å². The Hall–Kier alpha value is -1.49. The van der Waals surface area contributed by atoms with Gasteiger partial charge in [0, 0.05) is 17.2 Å². The smallest absolute Gasteiger partial charge is 0.288 e. The van der Waals surface area contributed by atoms with Crippen LogP contribution in [0.3, 0.4) is 0 Å². The molecule has 0 heterocycles. The molecule has 7 heteroatoms. The quantitative estimate of drug-likeness (QED) is 0.566. The summed E-state index contributed by atoms with van der Waals surface area (Å²) in [5, 5.41) is 11.4. The summed E-state index contributed by atoms with van der Waals surface area (Å²) < 4.78 is 5.48. The second kappa shape index (κ2) is 5.65. The molecule has 2 aromatic rings. The van der Waals surface area contributed by atoms with E-state index < -0.39 is 4.92 Å². The Morgan fingerprint density at radius 1 is 1.00 bits per heavy atom. The van der Waals surface area contributed by atoms with Crippen LogP contribution in [-0.2, 0) is 0 Å². The topological polar surface area (TPSA) is 52.4 Å². The molecule has 2 rings (SSSR count). The number of nitro benzene ring substituents is 1. The van der Waals surface area contributed by atoms with Gasteiger partial charge in [-0.25, -0.2) is 0 Å². The summed E-state index contributed by atoms with van der Waals surface area (Å²) in [6, 6.07) is 8.81. The van der Waals surface area contributed by atoms with Crippen LogP contribution in [0.25, 0.3) is 0 Å². The molecule has 0 amide bonds. The number of rotatable bonds is 3. The van der Waals surface area contributed by atoms with Crippen molar-refractivity contribution in [2.24, 2.45) is 0 Å². The summed E-state index contributed by atoms with van der Waals surface area (Å²) in [5.41, 5.74) is -0.184. The van der Waals surface area contributed by atoms with Gasteiger partial charge in [0.2, 0.25) is 0 Å². The zero-order chi connectivity index (χ0) is 14.0. The average molecular weight is 319 g/mol. The van der Waals surface area contributed by atoms with Crippen LogP contribution in [0.5, 0.6) is 11.5 Å². The Morgan fingerprint density at radius 3 is 2.32 bits per heavy atom. The summed E-state index contributed by atoms with van der Waals surface area (Å²) >= 11 is 17.5. The highest BCUT2D eigenvalue weighted by Crippen LogP contribution is 2.34. The van der Waals surface area contributed by atoms with E-state index in [0.29, 0.717) is 21.5 Å². The van der Waals surface area contributed by atoms with Crippen LogP contribution >= 0.6 is 34.8 Å². The van der Waals surface area contributed by atoms with Gasteiger partial charge in [0.25, 0.3) is 5.69 Å². The van der Waals surface area contributed by atoms with Gasteiger partial charge in [-0.15, -0.1) is 0 Å². The number of benzene rings is 2. The molecule has 0 aromatic heterocycles.